The van der Waals surface area contributed by atoms with Crippen molar-refractivity contribution in [3.8, 4) is 33.6 Å². The molecule has 0 fully saturated rings. The van der Waals surface area contributed by atoms with Gasteiger partial charge in [-0.05, 0) is 94.2 Å². The molecule has 12 rings (SSSR count). The van der Waals surface area contributed by atoms with Gasteiger partial charge in [0.15, 0.2) is 0 Å². The predicted molar refractivity (Wildman–Crippen MR) is 237 cm³/mol. The Hall–Kier alpha value is -7.36. The van der Waals surface area contributed by atoms with Crippen LogP contribution in [0.15, 0.2) is 194 Å². The molecule has 3 heteroatoms. The highest BCUT2D eigenvalue weighted by molar-refractivity contribution is 6.21. The lowest BCUT2D eigenvalue weighted by Crippen LogP contribution is -1.96. The van der Waals surface area contributed by atoms with E-state index in [1.807, 2.05) is 0 Å². The molecule has 0 unspecified atom stereocenters. The highest BCUT2D eigenvalue weighted by Crippen LogP contribution is 2.43. The smallest absolute Gasteiger partial charge is 0.0619 e. The minimum absolute atomic E-state index is 1.15. The fourth-order valence-electron chi connectivity index (χ4n) is 9.48. The van der Waals surface area contributed by atoms with Gasteiger partial charge >= 0.3 is 0 Å². The van der Waals surface area contributed by atoms with Crippen LogP contribution in [0.3, 0.4) is 0 Å². The van der Waals surface area contributed by atoms with E-state index in [1.54, 1.807) is 0 Å². The number of fused-ring (bicyclic) bond motifs is 11. The van der Waals surface area contributed by atoms with Gasteiger partial charge in [-0.3, -0.25) is 0 Å². The summed E-state index contributed by atoms with van der Waals surface area (Å²) >= 11 is 0. The molecule has 0 saturated carbocycles. The first-order chi connectivity index (χ1) is 27.7. The number of nitrogens with zero attached hydrogens (tertiary/aromatic N) is 3. The molecule has 0 aliphatic rings. The van der Waals surface area contributed by atoms with Gasteiger partial charge in [0.05, 0.1) is 22.1 Å². The summed E-state index contributed by atoms with van der Waals surface area (Å²) in [5.41, 5.74) is 14.5. The SMILES string of the molecule is Cn1c2ccc(-c3ccc4c(c3)c3cccc(-c5ccc6c7ccccc7n(-c7ccccc7)c6c5)c3n4-c3ccccc3)cc2c2c3ccccc3ccc21. The van der Waals surface area contributed by atoms with E-state index >= 15 is 0 Å². The first kappa shape index (κ1) is 31.0. The lowest BCUT2D eigenvalue weighted by Gasteiger charge is -2.13. The van der Waals surface area contributed by atoms with E-state index in [9.17, 15) is 0 Å². The molecule has 0 atom stereocenters. The van der Waals surface area contributed by atoms with Crippen molar-refractivity contribution in [3.63, 3.8) is 0 Å². The van der Waals surface area contributed by atoms with Crippen LogP contribution in [-0.4, -0.2) is 13.7 Å². The molecule has 3 heterocycles. The normalized spacial score (nSPS) is 12.0. The first-order valence-corrected chi connectivity index (χ1v) is 19.3. The molecule has 0 aliphatic heterocycles. The Kier molecular flexibility index (Phi) is 6.55. The zero-order chi connectivity index (χ0) is 36.9. The van der Waals surface area contributed by atoms with Crippen LogP contribution in [0.25, 0.3) is 110 Å². The molecular formula is C53H35N3. The van der Waals surface area contributed by atoms with Gasteiger partial charge in [-0.1, -0.05) is 127 Å². The second-order valence-corrected chi connectivity index (χ2v) is 15.0. The van der Waals surface area contributed by atoms with Gasteiger partial charge < -0.3 is 13.7 Å². The fraction of sp³-hybridized carbons (Fsp3) is 0.0189. The number of aromatic nitrogens is 3. The molecule has 0 N–H and O–H groups in total. The van der Waals surface area contributed by atoms with Crippen molar-refractivity contribution in [1.29, 1.82) is 0 Å². The standard InChI is InChI=1S/C53H35N3/c1-54-47-28-25-36(32-46(47)52-40-18-9-8-13-34(40)24-30-50(52)54)35-26-29-49-45(31-35)44-21-12-20-41(53(44)56(49)39-16-6-3-7-17-39)37-23-27-43-42-19-10-11-22-48(42)55(51(43)33-37)38-14-4-2-5-15-38/h2-33H,1H3. The van der Waals surface area contributed by atoms with E-state index in [2.05, 4.69) is 215 Å². The van der Waals surface area contributed by atoms with Crippen molar-refractivity contribution in [1.82, 2.24) is 13.7 Å². The zero-order valence-corrected chi connectivity index (χ0v) is 30.8. The molecule has 262 valence electrons. The summed E-state index contributed by atoms with van der Waals surface area (Å²) in [6, 6.07) is 71.3. The quantitative estimate of drug-likeness (QED) is 0.172. The molecule has 0 aliphatic carbocycles. The maximum Gasteiger partial charge on any atom is 0.0619 e. The summed E-state index contributed by atoms with van der Waals surface area (Å²) < 4.78 is 7.19. The number of aryl methyl sites for hydroxylation is 1. The summed E-state index contributed by atoms with van der Waals surface area (Å²) in [5, 5.41) is 10.2. The van der Waals surface area contributed by atoms with Crippen LogP contribution < -0.4 is 0 Å². The van der Waals surface area contributed by atoms with Crippen LogP contribution in [0, 0.1) is 0 Å². The van der Waals surface area contributed by atoms with E-state index in [4.69, 9.17) is 0 Å². The van der Waals surface area contributed by atoms with E-state index in [0.717, 1.165) is 11.4 Å². The number of hydrogen-bond acceptors (Lipinski definition) is 0. The van der Waals surface area contributed by atoms with Gasteiger partial charge in [-0.25, -0.2) is 0 Å². The van der Waals surface area contributed by atoms with E-state index < -0.39 is 0 Å². The molecule has 0 radical (unpaired) electrons. The topological polar surface area (TPSA) is 14.8 Å². The Balaban J connectivity index is 1.10. The minimum atomic E-state index is 1.15. The summed E-state index contributed by atoms with van der Waals surface area (Å²) in [6.07, 6.45) is 0. The van der Waals surface area contributed by atoms with E-state index in [0.29, 0.717) is 0 Å². The monoisotopic (exact) mass is 713 g/mol. The van der Waals surface area contributed by atoms with E-state index in [1.165, 1.54) is 98.4 Å². The molecule has 12 aromatic rings. The third-order valence-electron chi connectivity index (χ3n) is 12.0. The summed E-state index contributed by atoms with van der Waals surface area (Å²) in [6.45, 7) is 0. The highest BCUT2D eigenvalue weighted by Gasteiger charge is 2.20. The summed E-state index contributed by atoms with van der Waals surface area (Å²) in [4.78, 5) is 0. The fourth-order valence-corrected chi connectivity index (χ4v) is 9.48. The number of para-hydroxylation sites is 4. The largest absolute Gasteiger partial charge is 0.344 e. The van der Waals surface area contributed by atoms with Crippen molar-refractivity contribution in [2.45, 2.75) is 0 Å². The average Bonchev–Trinajstić information content (AvgIpc) is 3.88. The van der Waals surface area contributed by atoms with Crippen molar-refractivity contribution < 1.29 is 0 Å². The van der Waals surface area contributed by atoms with Gasteiger partial charge in [0.2, 0.25) is 0 Å². The zero-order valence-electron chi connectivity index (χ0n) is 30.8. The molecule has 3 aromatic heterocycles. The lowest BCUT2D eigenvalue weighted by atomic mass is 9.98. The lowest BCUT2D eigenvalue weighted by molar-refractivity contribution is 1.01. The Labute approximate surface area is 323 Å². The molecule has 9 aromatic carbocycles. The third kappa shape index (κ3) is 4.40. The average molecular weight is 714 g/mol. The van der Waals surface area contributed by atoms with Crippen LogP contribution >= 0.6 is 0 Å². The van der Waals surface area contributed by atoms with Gasteiger partial charge in [-0.15, -0.1) is 0 Å². The van der Waals surface area contributed by atoms with Crippen molar-refractivity contribution >= 4 is 76.2 Å². The Bertz CT molecular complexity index is 3530. The van der Waals surface area contributed by atoms with Gasteiger partial charge in [0.25, 0.3) is 0 Å². The predicted octanol–water partition coefficient (Wildman–Crippen LogP) is 14.0. The van der Waals surface area contributed by atoms with Crippen molar-refractivity contribution in [2.75, 3.05) is 0 Å². The Morgan fingerprint density at radius 1 is 0.321 bits per heavy atom. The number of hydrogen-bond donors (Lipinski definition) is 0. The van der Waals surface area contributed by atoms with Crippen LogP contribution in [0.4, 0.5) is 0 Å². The minimum Gasteiger partial charge on any atom is -0.344 e. The third-order valence-corrected chi connectivity index (χ3v) is 12.0. The van der Waals surface area contributed by atoms with Crippen LogP contribution in [0.1, 0.15) is 0 Å². The van der Waals surface area contributed by atoms with Crippen molar-refractivity contribution in [3.05, 3.63) is 194 Å². The second-order valence-electron chi connectivity index (χ2n) is 15.0. The molecule has 0 amide bonds. The molecule has 0 spiro atoms. The molecule has 0 bridgehead atoms. The second kappa shape index (κ2) is 11.8. The van der Waals surface area contributed by atoms with Crippen LogP contribution in [0.2, 0.25) is 0 Å². The summed E-state index contributed by atoms with van der Waals surface area (Å²) in [7, 11) is 2.18. The maximum atomic E-state index is 2.46. The molecule has 56 heavy (non-hydrogen) atoms. The number of rotatable bonds is 4. The molecular weight excluding hydrogens is 679 g/mol. The highest BCUT2D eigenvalue weighted by atomic mass is 15.0. The Morgan fingerprint density at radius 3 is 1.71 bits per heavy atom. The number of benzene rings is 9. The maximum absolute atomic E-state index is 2.46. The van der Waals surface area contributed by atoms with Gasteiger partial charge in [0, 0.05) is 67.3 Å². The van der Waals surface area contributed by atoms with Gasteiger partial charge in [0.1, 0.15) is 0 Å². The summed E-state index contributed by atoms with van der Waals surface area (Å²) in [5.74, 6) is 0. The van der Waals surface area contributed by atoms with Crippen LogP contribution in [-0.2, 0) is 7.05 Å². The van der Waals surface area contributed by atoms with Crippen LogP contribution in [0.5, 0.6) is 0 Å². The van der Waals surface area contributed by atoms with Gasteiger partial charge in [-0.2, -0.15) is 0 Å². The van der Waals surface area contributed by atoms with Crippen molar-refractivity contribution in [2.24, 2.45) is 7.05 Å². The molecule has 3 nitrogen and oxygen atoms in total. The first-order valence-electron chi connectivity index (χ1n) is 19.3. The Morgan fingerprint density at radius 2 is 0.911 bits per heavy atom. The van der Waals surface area contributed by atoms with E-state index in [-0.39, 0.29) is 0 Å². The molecule has 0 saturated heterocycles.